The van der Waals surface area contributed by atoms with E-state index >= 15 is 0 Å². The van der Waals surface area contributed by atoms with Crippen LogP contribution < -0.4 is 4.90 Å². The van der Waals surface area contributed by atoms with E-state index in [0.29, 0.717) is 0 Å². The lowest BCUT2D eigenvalue weighted by molar-refractivity contribution is 0.327. The van der Waals surface area contributed by atoms with Crippen LogP contribution in [0.15, 0.2) is 115 Å². The molecule has 0 saturated heterocycles. The van der Waals surface area contributed by atoms with Crippen molar-refractivity contribution in [1.29, 1.82) is 0 Å². The molecule has 1 heteroatoms. The van der Waals surface area contributed by atoms with E-state index in [1.54, 1.807) is 11.1 Å². The molecule has 0 N–H and O–H groups in total. The lowest BCUT2D eigenvalue weighted by Gasteiger charge is -2.37. The zero-order chi connectivity index (χ0) is 36.7. The molecule has 6 aromatic carbocycles. The topological polar surface area (TPSA) is 3.24 Å². The first kappa shape index (κ1) is 33.0. The number of hydrogen-bond donors (Lipinski definition) is 0. The van der Waals surface area contributed by atoms with Gasteiger partial charge in [0.15, 0.2) is 0 Å². The van der Waals surface area contributed by atoms with Gasteiger partial charge in [-0.1, -0.05) is 141 Å². The normalized spacial score (nSPS) is 21.9. The van der Waals surface area contributed by atoms with Crippen LogP contribution in [0.4, 0.5) is 17.1 Å². The SMILES string of the molecule is CC(C)(C)c1ccc(C(C)(C)C)c2cc(N(c3ccc4c(c3)C(C)(C)c3ccccc3-4)c3ccc4c(c3)C3(CC5CCC3C5)c3ccccc3-4)ccc12. The first-order valence-corrected chi connectivity index (χ1v) is 20.1. The second-order valence-corrected chi connectivity index (χ2v) is 19.5. The molecular formula is C52H53N. The van der Waals surface area contributed by atoms with Crippen LogP contribution in [-0.4, -0.2) is 0 Å². The summed E-state index contributed by atoms with van der Waals surface area (Å²) in [5, 5.41) is 2.73. The molecule has 266 valence electrons. The van der Waals surface area contributed by atoms with Crippen molar-refractivity contribution in [3.63, 3.8) is 0 Å². The van der Waals surface area contributed by atoms with Gasteiger partial charge < -0.3 is 4.90 Å². The van der Waals surface area contributed by atoms with Gasteiger partial charge in [-0.15, -0.1) is 0 Å². The van der Waals surface area contributed by atoms with Gasteiger partial charge in [-0.25, -0.2) is 0 Å². The van der Waals surface area contributed by atoms with Crippen LogP contribution in [0.25, 0.3) is 33.0 Å². The summed E-state index contributed by atoms with van der Waals surface area (Å²) in [5.74, 6) is 1.57. The van der Waals surface area contributed by atoms with Gasteiger partial charge in [-0.05, 0) is 145 Å². The molecular weight excluding hydrogens is 639 g/mol. The van der Waals surface area contributed by atoms with E-state index < -0.39 is 0 Å². The lowest BCUT2D eigenvalue weighted by Crippen LogP contribution is -2.32. The van der Waals surface area contributed by atoms with Crippen molar-refractivity contribution in [1.82, 2.24) is 0 Å². The summed E-state index contributed by atoms with van der Waals surface area (Å²) in [7, 11) is 0. The van der Waals surface area contributed by atoms with Crippen molar-refractivity contribution in [3.8, 4) is 22.3 Å². The third-order valence-electron chi connectivity index (χ3n) is 14.0. The van der Waals surface area contributed by atoms with Crippen molar-refractivity contribution in [3.05, 3.63) is 149 Å². The fraction of sp³-hybridized carbons (Fsp3) is 0.346. The quantitative estimate of drug-likeness (QED) is 0.179. The van der Waals surface area contributed by atoms with Crippen molar-refractivity contribution >= 4 is 27.8 Å². The lowest BCUT2D eigenvalue weighted by atomic mass is 9.67. The number of rotatable bonds is 3. The molecule has 0 heterocycles. The van der Waals surface area contributed by atoms with E-state index in [1.807, 2.05) is 0 Å². The molecule has 3 unspecified atom stereocenters. The molecule has 6 aromatic rings. The Hall–Kier alpha value is -4.62. The third kappa shape index (κ3) is 4.62. The predicted molar refractivity (Wildman–Crippen MR) is 225 cm³/mol. The van der Waals surface area contributed by atoms with Gasteiger partial charge in [-0.3, -0.25) is 0 Å². The summed E-state index contributed by atoms with van der Waals surface area (Å²) in [6, 6.07) is 45.2. The molecule has 0 aliphatic heterocycles. The average molecular weight is 692 g/mol. The molecule has 1 nitrogen and oxygen atoms in total. The maximum atomic E-state index is 2.61. The first-order valence-electron chi connectivity index (χ1n) is 20.1. The minimum absolute atomic E-state index is 0.00893. The summed E-state index contributed by atoms with van der Waals surface area (Å²) >= 11 is 0. The van der Waals surface area contributed by atoms with Crippen molar-refractivity contribution < 1.29 is 0 Å². The smallest absolute Gasteiger partial charge is 0.0468 e. The molecule has 4 aliphatic rings. The Kier molecular flexibility index (Phi) is 6.83. The first-order chi connectivity index (χ1) is 25.3. The van der Waals surface area contributed by atoms with E-state index in [0.717, 1.165) is 11.8 Å². The number of benzene rings is 6. The number of hydrogen-bond acceptors (Lipinski definition) is 1. The molecule has 3 atom stereocenters. The Labute approximate surface area is 317 Å². The molecule has 53 heavy (non-hydrogen) atoms. The minimum Gasteiger partial charge on any atom is -0.310 e. The van der Waals surface area contributed by atoms with E-state index in [4.69, 9.17) is 0 Å². The third-order valence-corrected chi connectivity index (χ3v) is 14.0. The highest BCUT2D eigenvalue weighted by Gasteiger charge is 2.56. The molecule has 0 amide bonds. The molecule has 0 aromatic heterocycles. The zero-order valence-corrected chi connectivity index (χ0v) is 32.9. The highest BCUT2D eigenvalue weighted by Crippen LogP contribution is 2.66. The van der Waals surface area contributed by atoms with Crippen LogP contribution in [0.3, 0.4) is 0 Å². The second kappa shape index (κ2) is 11.0. The Morgan fingerprint density at radius 3 is 1.66 bits per heavy atom. The van der Waals surface area contributed by atoms with Crippen LogP contribution in [0.5, 0.6) is 0 Å². The van der Waals surface area contributed by atoms with Gasteiger partial charge in [-0.2, -0.15) is 0 Å². The summed E-state index contributed by atoms with van der Waals surface area (Å²) in [6.07, 6.45) is 5.41. The fourth-order valence-corrected chi connectivity index (χ4v) is 11.6. The predicted octanol–water partition coefficient (Wildman–Crippen LogP) is 14.3. The fourth-order valence-electron chi connectivity index (χ4n) is 11.6. The van der Waals surface area contributed by atoms with Crippen molar-refractivity contribution in [2.24, 2.45) is 11.8 Å². The molecule has 1 spiro atoms. The van der Waals surface area contributed by atoms with E-state index in [1.165, 1.54) is 98.0 Å². The maximum absolute atomic E-state index is 2.61. The summed E-state index contributed by atoms with van der Waals surface area (Å²) in [6.45, 7) is 18.9. The number of nitrogens with zero attached hydrogens (tertiary/aromatic N) is 1. The van der Waals surface area contributed by atoms with Gasteiger partial charge in [0, 0.05) is 27.9 Å². The molecule has 10 rings (SSSR count). The van der Waals surface area contributed by atoms with Crippen LogP contribution in [0, 0.1) is 11.8 Å². The van der Waals surface area contributed by atoms with Gasteiger partial charge >= 0.3 is 0 Å². The highest BCUT2D eigenvalue weighted by molar-refractivity contribution is 5.96. The average Bonchev–Trinajstić information content (AvgIpc) is 3.87. The maximum Gasteiger partial charge on any atom is 0.0468 e. The Morgan fingerprint density at radius 2 is 1.04 bits per heavy atom. The second-order valence-electron chi connectivity index (χ2n) is 19.5. The van der Waals surface area contributed by atoms with E-state index in [9.17, 15) is 0 Å². The van der Waals surface area contributed by atoms with E-state index in [-0.39, 0.29) is 21.7 Å². The molecule has 2 saturated carbocycles. The van der Waals surface area contributed by atoms with Gasteiger partial charge in [0.05, 0.1) is 0 Å². The number of fused-ring (bicyclic) bond motifs is 12. The monoisotopic (exact) mass is 691 g/mol. The van der Waals surface area contributed by atoms with Crippen LogP contribution in [0.1, 0.15) is 114 Å². The standard InChI is InChI=1S/C52H53N/c1-49(2,3)43-25-26-44(50(4,5)6)42-28-34(19-24-41(42)43)53(35-20-22-39-37-13-9-11-15-45(37)51(7,8)47(39)29-35)36-21-23-40-38-14-10-12-16-46(38)52(48(40)30-36)31-32-17-18-33(52)27-32/h9-16,19-26,28-30,32-33H,17-18,27,31H2,1-8H3. The molecule has 2 fully saturated rings. The molecule has 0 radical (unpaired) electrons. The van der Waals surface area contributed by atoms with Crippen LogP contribution >= 0.6 is 0 Å². The van der Waals surface area contributed by atoms with E-state index in [2.05, 4.69) is 176 Å². The number of anilines is 3. The van der Waals surface area contributed by atoms with Crippen LogP contribution in [0.2, 0.25) is 0 Å². The van der Waals surface area contributed by atoms with Gasteiger partial charge in [0.25, 0.3) is 0 Å². The Balaban J connectivity index is 1.22. The Bertz CT molecular complexity index is 2480. The summed E-state index contributed by atoms with van der Waals surface area (Å²) in [4.78, 5) is 2.58. The summed E-state index contributed by atoms with van der Waals surface area (Å²) in [5.41, 5.74) is 18.2. The Morgan fingerprint density at radius 1 is 0.509 bits per heavy atom. The van der Waals surface area contributed by atoms with Gasteiger partial charge in [0.1, 0.15) is 0 Å². The van der Waals surface area contributed by atoms with Gasteiger partial charge in [0.2, 0.25) is 0 Å². The molecule has 2 bridgehead atoms. The van der Waals surface area contributed by atoms with Crippen LogP contribution in [-0.2, 0) is 21.7 Å². The summed E-state index contributed by atoms with van der Waals surface area (Å²) < 4.78 is 0. The largest absolute Gasteiger partial charge is 0.310 e. The highest BCUT2D eigenvalue weighted by atomic mass is 15.1. The van der Waals surface area contributed by atoms with Crippen molar-refractivity contribution in [2.75, 3.05) is 4.90 Å². The van der Waals surface area contributed by atoms with Crippen molar-refractivity contribution in [2.45, 2.75) is 103 Å². The molecule has 4 aliphatic carbocycles. The zero-order valence-electron chi connectivity index (χ0n) is 32.9. The minimum atomic E-state index is -0.0786.